The van der Waals surface area contributed by atoms with Gasteiger partial charge in [0.25, 0.3) is 0 Å². The number of hydrogen-bond donors (Lipinski definition) is 1. The first-order chi connectivity index (χ1) is 7.29. The first-order valence-corrected chi connectivity index (χ1v) is 6.52. The van der Waals surface area contributed by atoms with E-state index in [4.69, 9.17) is 0 Å². The van der Waals surface area contributed by atoms with Gasteiger partial charge in [0.1, 0.15) is 5.78 Å². The third-order valence-corrected chi connectivity index (χ3v) is 4.21. The molecule has 0 radical (unpaired) electrons. The Morgan fingerprint density at radius 1 is 1.33 bits per heavy atom. The van der Waals surface area contributed by atoms with Crippen LogP contribution in [0.4, 0.5) is 0 Å². The summed E-state index contributed by atoms with van der Waals surface area (Å²) in [5, 5.41) is 3.22. The van der Waals surface area contributed by atoms with Gasteiger partial charge in [-0.1, -0.05) is 13.3 Å². The van der Waals surface area contributed by atoms with Gasteiger partial charge in [0.15, 0.2) is 0 Å². The van der Waals surface area contributed by atoms with Crippen molar-refractivity contribution in [3.05, 3.63) is 0 Å². The Bertz CT molecular complexity index is 227. The van der Waals surface area contributed by atoms with E-state index >= 15 is 0 Å². The van der Waals surface area contributed by atoms with Crippen LogP contribution in [0, 0.1) is 17.8 Å². The van der Waals surface area contributed by atoms with E-state index in [1.165, 1.54) is 25.7 Å². The molecule has 0 heterocycles. The molecule has 2 heteroatoms. The highest BCUT2D eigenvalue weighted by Crippen LogP contribution is 2.49. The van der Waals surface area contributed by atoms with Crippen molar-refractivity contribution in [2.24, 2.45) is 17.8 Å². The van der Waals surface area contributed by atoms with E-state index < -0.39 is 0 Å². The topological polar surface area (TPSA) is 29.1 Å². The average molecular weight is 209 g/mol. The Morgan fingerprint density at radius 2 is 2.20 bits per heavy atom. The summed E-state index contributed by atoms with van der Waals surface area (Å²) in [6.45, 7) is 3.93. The monoisotopic (exact) mass is 209 g/mol. The Hall–Kier alpha value is -0.370. The number of carbonyl (C=O) groups excluding carboxylic acids is 1. The molecule has 2 rings (SSSR count). The molecule has 3 unspecified atom stereocenters. The molecule has 2 nitrogen and oxygen atoms in total. The first-order valence-electron chi connectivity index (χ1n) is 6.52. The SMILES string of the molecule is CCNCCC(=O)CC1CC2CCC1C2. The highest BCUT2D eigenvalue weighted by Gasteiger charge is 2.39. The largest absolute Gasteiger partial charge is 0.317 e. The number of hydrogen-bond acceptors (Lipinski definition) is 2. The van der Waals surface area contributed by atoms with E-state index in [0.29, 0.717) is 5.78 Å². The van der Waals surface area contributed by atoms with Crippen LogP contribution in [0.2, 0.25) is 0 Å². The minimum absolute atomic E-state index is 0.480. The minimum Gasteiger partial charge on any atom is -0.317 e. The van der Waals surface area contributed by atoms with Crippen LogP contribution in [-0.2, 0) is 4.79 Å². The summed E-state index contributed by atoms with van der Waals surface area (Å²) in [6, 6.07) is 0. The van der Waals surface area contributed by atoms with E-state index in [2.05, 4.69) is 12.2 Å². The van der Waals surface area contributed by atoms with Crippen LogP contribution in [0.15, 0.2) is 0 Å². The second-order valence-corrected chi connectivity index (χ2v) is 5.28. The van der Waals surface area contributed by atoms with Crippen molar-refractivity contribution >= 4 is 5.78 Å². The molecule has 2 fully saturated rings. The van der Waals surface area contributed by atoms with Crippen molar-refractivity contribution in [2.75, 3.05) is 13.1 Å². The lowest BCUT2D eigenvalue weighted by molar-refractivity contribution is -0.120. The number of Topliss-reactive ketones (excluding diaryl/α,β-unsaturated/α-hetero) is 1. The molecule has 2 bridgehead atoms. The van der Waals surface area contributed by atoms with Gasteiger partial charge in [0.2, 0.25) is 0 Å². The van der Waals surface area contributed by atoms with Crippen molar-refractivity contribution in [3.63, 3.8) is 0 Å². The smallest absolute Gasteiger partial charge is 0.134 e. The highest BCUT2D eigenvalue weighted by molar-refractivity contribution is 5.78. The zero-order valence-electron chi connectivity index (χ0n) is 9.80. The van der Waals surface area contributed by atoms with Crippen LogP contribution in [-0.4, -0.2) is 18.9 Å². The molecular formula is C13H23NO. The van der Waals surface area contributed by atoms with Crippen LogP contribution >= 0.6 is 0 Å². The zero-order chi connectivity index (χ0) is 10.7. The second kappa shape index (κ2) is 5.11. The van der Waals surface area contributed by atoms with Gasteiger partial charge >= 0.3 is 0 Å². The molecule has 1 N–H and O–H groups in total. The van der Waals surface area contributed by atoms with Crippen LogP contribution in [0.1, 0.15) is 45.4 Å². The molecule has 0 spiro atoms. The van der Waals surface area contributed by atoms with E-state index in [9.17, 15) is 4.79 Å². The van der Waals surface area contributed by atoms with Gasteiger partial charge in [-0.25, -0.2) is 0 Å². The molecule has 2 saturated carbocycles. The molecule has 0 amide bonds. The minimum atomic E-state index is 0.480. The summed E-state index contributed by atoms with van der Waals surface area (Å²) in [5.74, 6) is 3.10. The van der Waals surface area contributed by atoms with Crippen molar-refractivity contribution in [3.8, 4) is 0 Å². The van der Waals surface area contributed by atoms with E-state index in [0.717, 1.165) is 43.7 Å². The van der Waals surface area contributed by atoms with Gasteiger partial charge in [0.05, 0.1) is 0 Å². The van der Waals surface area contributed by atoms with Crippen molar-refractivity contribution in [2.45, 2.75) is 45.4 Å². The second-order valence-electron chi connectivity index (χ2n) is 5.28. The molecule has 2 aliphatic carbocycles. The van der Waals surface area contributed by atoms with Crippen molar-refractivity contribution in [1.82, 2.24) is 5.32 Å². The number of ketones is 1. The zero-order valence-corrected chi connectivity index (χ0v) is 9.80. The Morgan fingerprint density at radius 3 is 2.80 bits per heavy atom. The third-order valence-electron chi connectivity index (χ3n) is 4.21. The summed E-state index contributed by atoms with van der Waals surface area (Å²) in [6.07, 6.45) is 7.21. The van der Waals surface area contributed by atoms with Crippen LogP contribution in [0.5, 0.6) is 0 Å². The Labute approximate surface area is 92.8 Å². The average Bonchev–Trinajstić information content (AvgIpc) is 2.79. The first kappa shape index (κ1) is 11.1. The Balaban J connectivity index is 1.66. The fourth-order valence-corrected chi connectivity index (χ4v) is 3.43. The predicted octanol–water partition coefficient (Wildman–Crippen LogP) is 2.38. The van der Waals surface area contributed by atoms with Gasteiger partial charge in [-0.3, -0.25) is 4.79 Å². The maximum Gasteiger partial charge on any atom is 0.134 e. The lowest BCUT2D eigenvalue weighted by Crippen LogP contribution is -2.20. The quantitative estimate of drug-likeness (QED) is 0.680. The fraction of sp³-hybridized carbons (Fsp3) is 0.923. The van der Waals surface area contributed by atoms with Crippen LogP contribution in [0.25, 0.3) is 0 Å². The number of fused-ring (bicyclic) bond motifs is 2. The van der Waals surface area contributed by atoms with Gasteiger partial charge < -0.3 is 5.32 Å². The molecule has 86 valence electrons. The standard InChI is InChI=1S/C13H23NO/c1-2-14-6-5-13(15)9-12-8-10-3-4-11(12)7-10/h10-12,14H,2-9H2,1H3. The molecule has 0 aliphatic heterocycles. The number of carbonyl (C=O) groups is 1. The molecule has 15 heavy (non-hydrogen) atoms. The maximum atomic E-state index is 11.7. The molecular weight excluding hydrogens is 186 g/mol. The van der Waals surface area contributed by atoms with Crippen LogP contribution < -0.4 is 5.32 Å². The normalized spacial score (nSPS) is 33.5. The number of rotatable bonds is 6. The highest BCUT2D eigenvalue weighted by atomic mass is 16.1. The summed E-state index contributed by atoms with van der Waals surface area (Å²) in [5.41, 5.74) is 0. The van der Waals surface area contributed by atoms with Crippen molar-refractivity contribution < 1.29 is 4.79 Å². The summed E-state index contributed by atoms with van der Waals surface area (Å²) >= 11 is 0. The molecule has 3 atom stereocenters. The third kappa shape index (κ3) is 2.81. The van der Waals surface area contributed by atoms with Gasteiger partial charge in [-0.05, 0) is 43.6 Å². The molecule has 2 aliphatic rings. The van der Waals surface area contributed by atoms with E-state index in [-0.39, 0.29) is 0 Å². The number of nitrogens with one attached hydrogen (secondary N) is 1. The van der Waals surface area contributed by atoms with Crippen LogP contribution in [0.3, 0.4) is 0 Å². The summed E-state index contributed by atoms with van der Waals surface area (Å²) in [4.78, 5) is 11.7. The summed E-state index contributed by atoms with van der Waals surface area (Å²) < 4.78 is 0. The molecule has 0 saturated heterocycles. The predicted molar refractivity (Wildman–Crippen MR) is 61.7 cm³/mol. The maximum absolute atomic E-state index is 11.7. The van der Waals surface area contributed by atoms with Gasteiger partial charge in [0, 0.05) is 19.4 Å². The van der Waals surface area contributed by atoms with Gasteiger partial charge in [-0.2, -0.15) is 0 Å². The van der Waals surface area contributed by atoms with Crippen molar-refractivity contribution in [1.29, 1.82) is 0 Å². The molecule has 0 aromatic carbocycles. The van der Waals surface area contributed by atoms with E-state index in [1.54, 1.807) is 0 Å². The van der Waals surface area contributed by atoms with Gasteiger partial charge in [-0.15, -0.1) is 0 Å². The lowest BCUT2D eigenvalue weighted by Gasteiger charge is -2.20. The lowest BCUT2D eigenvalue weighted by atomic mass is 9.85. The molecule has 0 aromatic heterocycles. The molecule has 0 aromatic rings. The Kier molecular flexibility index (Phi) is 3.79. The van der Waals surface area contributed by atoms with E-state index in [1.807, 2.05) is 0 Å². The fourth-order valence-electron chi connectivity index (χ4n) is 3.43. The summed E-state index contributed by atoms with van der Waals surface area (Å²) in [7, 11) is 0.